The second-order valence-electron chi connectivity index (χ2n) is 7.30. The average molecular weight is 487 g/mol. The molecule has 0 aromatic heterocycles. The minimum atomic E-state index is -4.21. The molecule has 3 aromatic carbocycles. The summed E-state index contributed by atoms with van der Waals surface area (Å²) in [5, 5.41) is 2.68. The van der Waals surface area contributed by atoms with Gasteiger partial charge in [0.2, 0.25) is 5.91 Å². The van der Waals surface area contributed by atoms with Crippen molar-refractivity contribution < 1.29 is 31.8 Å². The molecule has 0 unspecified atom stereocenters. The van der Waals surface area contributed by atoms with Gasteiger partial charge in [0, 0.05) is 11.8 Å². The third-order valence-corrected chi connectivity index (χ3v) is 6.72. The van der Waals surface area contributed by atoms with Gasteiger partial charge < -0.3 is 19.5 Å². The molecular weight excluding hydrogens is 463 g/mol. The number of rotatable bonds is 8. The van der Waals surface area contributed by atoms with Gasteiger partial charge in [-0.2, -0.15) is 0 Å². The summed E-state index contributed by atoms with van der Waals surface area (Å²) in [5.74, 6) is 0.278. The first-order valence-electron chi connectivity index (χ1n) is 10.6. The van der Waals surface area contributed by atoms with Crippen LogP contribution in [0.2, 0.25) is 0 Å². The van der Waals surface area contributed by atoms with E-state index in [4.69, 9.17) is 14.2 Å². The molecule has 0 spiro atoms. The number of benzene rings is 3. The average Bonchev–Trinajstić information content (AvgIpc) is 2.84. The molecular formula is C24H23FN2O6S. The monoisotopic (exact) mass is 486 g/mol. The van der Waals surface area contributed by atoms with Gasteiger partial charge in [-0.1, -0.05) is 0 Å². The molecule has 1 N–H and O–H groups in total. The molecule has 10 heteroatoms. The second-order valence-corrected chi connectivity index (χ2v) is 9.16. The number of carbonyl (C=O) groups is 1. The number of anilines is 2. The number of fused-ring (bicyclic) bond motifs is 1. The van der Waals surface area contributed by atoms with Gasteiger partial charge in [-0.05, 0) is 67.6 Å². The molecule has 0 bridgehead atoms. The fourth-order valence-electron chi connectivity index (χ4n) is 3.37. The molecule has 3 aromatic rings. The largest absolute Gasteiger partial charge is 0.494 e. The van der Waals surface area contributed by atoms with E-state index in [9.17, 15) is 17.6 Å². The first-order chi connectivity index (χ1) is 16.4. The maximum atomic E-state index is 13.5. The predicted molar refractivity (Wildman–Crippen MR) is 125 cm³/mol. The van der Waals surface area contributed by atoms with Crippen molar-refractivity contribution in [1.82, 2.24) is 0 Å². The highest BCUT2D eigenvalue weighted by molar-refractivity contribution is 7.92. The summed E-state index contributed by atoms with van der Waals surface area (Å²) >= 11 is 0. The smallest absolute Gasteiger partial charge is 0.264 e. The summed E-state index contributed by atoms with van der Waals surface area (Å²) in [5.41, 5.74) is 0.613. The van der Waals surface area contributed by atoms with Crippen molar-refractivity contribution in [3.05, 3.63) is 72.5 Å². The van der Waals surface area contributed by atoms with E-state index >= 15 is 0 Å². The Hall–Kier alpha value is -3.79. The van der Waals surface area contributed by atoms with E-state index < -0.39 is 28.3 Å². The van der Waals surface area contributed by atoms with Gasteiger partial charge >= 0.3 is 0 Å². The zero-order valence-electron chi connectivity index (χ0n) is 18.4. The number of nitrogens with zero attached hydrogens (tertiary/aromatic N) is 1. The molecule has 1 aliphatic rings. The Kier molecular flexibility index (Phi) is 6.87. The SMILES string of the molecule is CCOc1ccc(NC(=O)CN(c2ccc(F)cc2)S(=O)(=O)c2ccc3c(c2)OCCO3)cc1. The number of ether oxygens (including phenoxy) is 3. The molecule has 1 amide bonds. The molecule has 0 atom stereocenters. The predicted octanol–water partition coefficient (Wildman–Crippen LogP) is 3.83. The van der Waals surface area contributed by atoms with Crippen molar-refractivity contribution >= 4 is 27.3 Å². The lowest BCUT2D eigenvalue weighted by atomic mass is 10.3. The Labute approximate surface area is 196 Å². The Bertz CT molecular complexity index is 1260. The van der Waals surface area contributed by atoms with Crippen molar-refractivity contribution in [2.24, 2.45) is 0 Å². The third-order valence-electron chi connectivity index (χ3n) is 4.95. The van der Waals surface area contributed by atoms with Crippen LogP contribution in [0, 0.1) is 5.82 Å². The number of halogens is 1. The Morgan fingerprint density at radius 3 is 2.35 bits per heavy atom. The topological polar surface area (TPSA) is 94.2 Å². The minimum absolute atomic E-state index is 0.0880. The van der Waals surface area contributed by atoms with Crippen LogP contribution in [0.15, 0.2) is 71.6 Å². The Morgan fingerprint density at radius 1 is 1.00 bits per heavy atom. The maximum Gasteiger partial charge on any atom is 0.264 e. The standard InChI is InChI=1S/C24H23FN2O6S/c1-2-31-20-9-5-18(6-10-20)26-24(28)16-27(19-7-3-17(25)4-8-19)34(29,30)21-11-12-22-23(15-21)33-14-13-32-22/h3-12,15H,2,13-14,16H2,1H3,(H,26,28). The summed E-state index contributed by atoms with van der Waals surface area (Å²) in [7, 11) is -4.21. The van der Waals surface area contributed by atoms with Gasteiger partial charge in [-0.3, -0.25) is 9.10 Å². The van der Waals surface area contributed by atoms with Crippen molar-refractivity contribution in [2.75, 3.05) is 36.0 Å². The molecule has 0 fully saturated rings. The van der Waals surface area contributed by atoms with Gasteiger partial charge in [0.1, 0.15) is 31.3 Å². The number of sulfonamides is 1. The number of nitrogens with one attached hydrogen (secondary N) is 1. The molecule has 0 saturated carbocycles. The lowest BCUT2D eigenvalue weighted by molar-refractivity contribution is -0.114. The molecule has 4 rings (SSSR count). The summed E-state index contributed by atoms with van der Waals surface area (Å²) < 4.78 is 57.9. The van der Waals surface area contributed by atoms with Gasteiger partial charge in [-0.15, -0.1) is 0 Å². The van der Waals surface area contributed by atoms with Crippen LogP contribution in [0.25, 0.3) is 0 Å². The summed E-state index contributed by atoms with van der Waals surface area (Å²) in [6.07, 6.45) is 0. The molecule has 0 aliphatic carbocycles. The first kappa shape index (κ1) is 23.4. The zero-order valence-corrected chi connectivity index (χ0v) is 19.2. The number of hydrogen-bond donors (Lipinski definition) is 1. The Balaban J connectivity index is 1.61. The van der Waals surface area contributed by atoms with Crippen molar-refractivity contribution in [2.45, 2.75) is 11.8 Å². The molecule has 0 saturated heterocycles. The minimum Gasteiger partial charge on any atom is -0.494 e. The number of hydrogen-bond acceptors (Lipinski definition) is 6. The van der Waals surface area contributed by atoms with Crippen LogP contribution in [0.4, 0.5) is 15.8 Å². The van der Waals surface area contributed by atoms with Crippen LogP contribution in [0.1, 0.15) is 6.92 Å². The highest BCUT2D eigenvalue weighted by Gasteiger charge is 2.29. The van der Waals surface area contributed by atoms with Gasteiger partial charge in [0.25, 0.3) is 10.0 Å². The molecule has 178 valence electrons. The highest BCUT2D eigenvalue weighted by atomic mass is 32.2. The van der Waals surface area contributed by atoms with E-state index in [2.05, 4.69) is 5.32 Å². The fourth-order valence-corrected chi connectivity index (χ4v) is 4.80. The maximum absolute atomic E-state index is 13.5. The van der Waals surface area contributed by atoms with Crippen molar-refractivity contribution in [3.63, 3.8) is 0 Å². The molecule has 34 heavy (non-hydrogen) atoms. The fraction of sp³-hybridized carbons (Fsp3) is 0.208. The van der Waals surface area contributed by atoms with E-state index in [0.717, 1.165) is 16.4 Å². The van der Waals surface area contributed by atoms with Crippen LogP contribution in [-0.4, -0.2) is 40.7 Å². The van der Waals surface area contributed by atoms with Crippen molar-refractivity contribution in [3.8, 4) is 17.2 Å². The van der Waals surface area contributed by atoms with Crippen LogP contribution < -0.4 is 23.8 Å². The third kappa shape index (κ3) is 5.23. The van der Waals surface area contributed by atoms with E-state index in [1.807, 2.05) is 6.92 Å². The normalized spacial score (nSPS) is 12.6. The highest BCUT2D eigenvalue weighted by Crippen LogP contribution is 2.34. The summed E-state index contributed by atoms with van der Waals surface area (Å²) in [4.78, 5) is 12.7. The molecule has 8 nitrogen and oxygen atoms in total. The lowest BCUT2D eigenvalue weighted by Crippen LogP contribution is -2.38. The van der Waals surface area contributed by atoms with Crippen molar-refractivity contribution in [1.29, 1.82) is 0 Å². The summed E-state index contributed by atoms with van der Waals surface area (Å²) in [6, 6.07) is 15.8. The van der Waals surface area contributed by atoms with Gasteiger partial charge in [-0.25, -0.2) is 12.8 Å². The quantitative estimate of drug-likeness (QED) is 0.520. The first-order valence-corrected chi connectivity index (χ1v) is 12.0. The molecule has 1 heterocycles. The van der Waals surface area contributed by atoms with Crippen LogP contribution in [-0.2, 0) is 14.8 Å². The van der Waals surface area contributed by atoms with E-state index in [-0.39, 0.29) is 10.6 Å². The molecule has 0 radical (unpaired) electrons. The van der Waals surface area contributed by atoms with Crippen LogP contribution in [0.3, 0.4) is 0 Å². The van der Waals surface area contributed by atoms with Gasteiger partial charge in [0.05, 0.1) is 17.2 Å². The van der Waals surface area contributed by atoms with Crippen LogP contribution in [0.5, 0.6) is 17.2 Å². The zero-order chi connectivity index (χ0) is 24.1. The number of amides is 1. The van der Waals surface area contributed by atoms with Gasteiger partial charge in [0.15, 0.2) is 11.5 Å². The van der Waals surface area contributed by atoms with E-state index in [1.54, 1.807) is 24.3 Å². The van der Waals surface area contributed by atoms with E-state index in [1.165, 1.54) is 30.3 Å². The summed E-state index contributed by atoms with van der Waals surface area (Å²) in [6.45, 7) is 2.50. The number of carbonyl (C=O) groups excluding carboxylic acids is 1. The van der Waals surface area contributed by atoms with E-state index in [0.29, 0.717) is 42.8 Å². The lowest BCUT2D eigenvalue weighted by Gasteiger charge is -2.25. The second kappa shape index (κ2) is 10.0. The Morgan fingerprint density at radius 2 is 1.68 bits per heavy atom. The van der Waals surface area contributed by atoms with Crippen LogP contribution >= 0.6 is 0 Å². The molecule has 1 aliphatic heterocycles.